The molecule has 1 aromatic carbocycles. The van der Waals surface area contributed by atoms with E-state index in [1.807, 2.05) is 49.5 Å². The zero-order valence-corrected chi connectivity index (χ0v) is 17.7. The van der Waals surface area contributed by atoms with Gasteiger partial charge in [0.15, 0.2) is 5.82 Å². The molecule has 31 heavy (non-hydrogen) atoms. The van der Waals surface area contributed by atoms with Gasteiger partial charge < -0.3 is 15.3 Å². The maximum Gasteiger partial charge on any atom is 0.151 e. The molecule has 2 aromatic heterocycles. The topological polar surface area (TPSA) is 79.1 Å². The van der Waals surface area contributed by atoms with Crippen molar-refractivity contribution in [3.05, 3.63) is 42.7 Å². The molecule has 4 atom stereocenters. The van der Waals surface area contributed by atoms with Crippen LogP contribution in [-0.2, 0) is 7.05 Å². The highest BCUT2D eigenvalue weighted by atomic mass is 19.1. The van der Waals surface area contributed by atoms with E-state index in [9.17, 15) is 5.11 Å². The van der Waals surface area contributed by atoms with Crippen molar-refractivity contribution >= 4 is 5.82 Å². The van der Waals surface area contributed by atoms with Gasteiger partial charge in [0.1, 0.15) is 11.9 Å². The Labute approximate surface area is 180 Å². The highest BCUT2D eigenvalue weighted by molar-refractivity contribution is 5.73. The van der Waals surface area contributed by atoms with Crippen molar-refractivity contribution in [1.82, 2.24) is 25.3 Å². The average molecular weight is 423 g/mol. The average Bonchev–Trinajstić information content (AvgIpc) is 3.22. The number of aromatic hydroxyl groups is 1. The summed E-state index contributed by atoms with van der Waals surface area (Å²) in [7, 11) is 3.75. The summed E-state index contributed by atoms with van der Waals surface area (Å²) in [5, 5.41) is 26.8. The third-order valence-electron chi connectivity index (χ3n) is 6.62. The van der Waals surface area contributed by atoms with Crippen LogP contribution in [0.25, 0.3) is 22.4 Å². The van der Waals surface area contributed by atoms with Crippen molar-refractivity contribution in [3.63, 3.8) is 0 Å². The van der Waals surface area contributed by atoms with E-state index in [0.717, 1.165) is 36.8 Å². The first-order valence-corrected chi connectivity index (χ1v) is 10.8. The second-order valence-corrected chi connectivity index (χ2v) is 8.67. The fourth-order valence-electron chi connectivity index (χ4n) is 4.88. The quantitative estimate of drug-likeness (QED) is 0.672. The molecule has 162 valence electrons. The first-order chi connectivity index (χ1) is 15.0. The monoisotopic (exact) mass is 422 g/mol. The molecule has 2 saturated heterocycles. The number of phenolic OH excluding ortho intramolecular Hbond substituents is 1. The van der Waals surface area contributed by atoms with Gasteiger partial charge in [0, 0.05) is 43.5 Å². The first-order valence-electron chi connectivity index (χ1n) is 10.8. The molecular formula is C23H27FN6O. The number of hydrogen-bond donors (Lipinski definition) is 2. The number of nitrogens with one attached hydrogen (secondary N) is 1. The number of aromatic nitrogens is 4. The van der Waals surface area contributed by atoms with E-state index in [2.05, 4.69) is 20.6 Å². The zero-order chi connectivity index (χ0) is 21.5. The van der Waals surface area contributed by atoms with Gasteiger partial charge in [-0.3, -0.25) is 4.68 Å². The molecule has 7 nitrogen and oxygen atoms in total. The highest BCUT2D eigenvalue weighted by Gasteiger charge is 2.41. The molecule has 3 aromatic rings. The predicted molar refractivity (Wildman–Crippen MR) is 118 cm³/mol. The second kappa shape index (κ2) is 7.92. The van der Waals surface area contributed by atoms with Crippen LogP contribution >= 0.6 is 0 Å². The van der Waals surface area contributed by atoms with Gasteiger partial charge >= 0.3 is 0 Å². The molecule has 0 saturated carbocycles. The number of phenols is 1. The minimum absolute atomic E-state index is 0.0672. The molecule has 0 spiro atoms. The van der Waals surface area contributed by atoms with Gasteiger partial charge in [-0.05, 0) is 49.1 Å². The zero-order valence-electron chi connectivity index (χ0n) is 17.7. The number of benzene rings is 1. The Hall–Kier alpha value is -3.00. The summed E-state index contributed by atoms with van der Waals surface area (Å²) >= 11 is 0. The number of fused-ring (bicyclic) bond motifs is 2. The van der Waals surface area contributed by atoms with E-state index in [-0.39, 0.29) is 17.8 Å². The van der Waals surface area contributed by atoms with E-state index >= 15 is 4.39 Å². The molecule has 2 aliphatic rings. The Morgan fingerprint density at radius 2 is 2.03 bits per heavy atom. The van der Waals surface area contributed by atoms with Crippen molar-refractivity contribution in [2.45, 2.75) is 50.0 Å². The van der Waals surface area contributed by atoms with Crippen LogP contribution in [0.5, 0.6) is 5.75 Å². The minimum atomic E-state index is -0.924. The van der Waals surface area contributed by atoms with Crippen molar-refractivity contribution < 1.29 is 9.50 Å². The van der Waals surface area contributed by atoms with Gasteiger partial charge in [-0.15, -0.1) is 10.2 Å². The largest absolute Gasteiger partial charge is 0.507 e. The lowest BCUT2D eigenvalue weighted by atomic mass is 9.82. The fraction of sp³-hybridized carbons (Fsp3) is 0.435. The van der Waals surface area contributed by atoms with E-state index in [0.29, 0.717) is 23.1 Å². The SMILES string of the molecule is CN(c1ccc(-c2ccc(-c3cnn(C)c3)cc2O)nn1)[C@@H]1CC2CCCC(N2)[C@H]1F. The van der Waals surface area contributed by atoms with Crippen LogP contribution < -0.4 is 10.2 Å². The smallest absolute Gasteiger partial charge is 0.151 e. The highest BCUT2D eigenvalue weighted by Crippen LogP contribution is 2.34. The minimum Gasteiger partial charge on any atom is -0.507 e. The van der Waals surface area contributed by atoms with Gasteiger partial charge in [-0.25, -0.2) is 4.39 Å². The lowest BCUT2D eigenvalue weighted by molar-refractivity contribution is 0.107. The van der Waals surface area contributed by atoms with Gasteiger partial charge in [-0.2, -0.15) is 5.10 Å². The van der Waals surface area contributed by atoms with Crippen molar-refractivity contribution in [2.24, 2.45) is 7.05 Å². The number of nitrogens with zero attached hydrogens (tertiary/aromatic N) is 5. The van der Waals surface area contributed by atoms with Crippen LogP contribution in [0.15, 0.2) is 42.7 Å². The lowest BCUT2D eigenvalue weighted by Crippen LogP contribution is -2.61. The number of anilines is 1. The Balaban J connectivity index is 1.35. The maximum atomic E-state index is 15.0. The first kappa shape index (κ1) is 19.9. The normalized spacial score (nSPS) is 25.4. The molecule has 4 heterocycles. The van der Waals surface area contributed by atoms with E-state index in [1.54, 1.807) is 16.9 Å². The fourth-order valence-corrected chi connectivity index (χ4v) is 4.88. The van der Waals surface area contributed by atoms with E-state index < -0.39 is 6.17 Å². The van der Waals surface area contributed by atoms with E-state index in [1.165, 1.54) is 0 Å². The molecule has 8 heteroatoms. The van der Waals surface area contributed by atoms with Crippen LogP contribution in [0.1, 0.15) is 25.7 Å². The van der Waals surface area contributed by atoms with E-state index in [4.69, 9.17) is 0 Å². The number of rotatable bonds is 4. The Morgan fingerprint density at radius 1 is 1.16 bits per heavy atom. The van der Waals surface area contributed by atoms with Gasteiger partial charge in [-0.1, -0.05) is 12.5 Å². The third kappa shape index (κ3) is 3.76. The van der Waals surface area contributed by atoms with Crippen LogP contribution in [-0.4, -0.2) is 56.4 Å². The summed E-state index contributed by atoms with van der Waals surface area (Å²) in [6, 6.07) is 9.24. The summed E-state index contributed by atoms with van der Waals surface area (Å²) in [5.74, 6) is 0.773. The van der Waals surface area contributed by atoms with Crippen molar-refractivity contribution in [1.29, 1.82) is 0 Å². The summed E-state index contributed by atoms with van der Waals surface area (Å²) in [4.78, 5) is 1.92. The van der Waals surface area contributed by atoms with Crippen LogP contribution in [0.2, 0.25) is 0 Å². The molecule has 2 bridgehead atoms. The maximum absolute atomic E-state index is 15.0. The number of hydrogen-bond acceptors (Lipinski definition) is 6. The Kier molecular flexibility index (Phi) is 5.09. The molecule has 2 N–H and O–H groups in total. The molecule has 0 amide bonds. The molecule has 2 fully saturated rings. The molecule has 5 rings (SSSR count). The standard InChI is InChI=1S/C23H27FN6O/c1-29-13-15(12-25-29)14-6-7-17(21(31)10-14)18-8-9-22(28-27-18)30(2)20-11-16-4-3-5-19(26-16)23(20)24/h6-10,12-13,16,19-20,23,26,31H,3-5,11H2,1-2H3/t16?,19?,20-,23-/m1/s1. The number of piperidine rings is 2. The Morgan fingerprint density at radius 3 is 2.74 bits per heavy atom. The Bertz CT molecular complexity index is 1070. The van der Waals surface area contributed by atoms with Crippen molar-refractivity contribution in [3.8, 4) is 28.1 Å². The van der Waals surface area contributed by atoms with Crippen LogP contribution in [0.4, 0.5) is 10.2 Å². The van der Waals surface area contributed by atoms with Gasteiger partial charge in [0.05, 0.1) is 17.9 Å². The lowest BCUT2D eigenvalue weighted by Gasteiger charge is -2.46. The predicted octanol–water partition coefficient (Wildman–Crippen LogP) is 3.31. The third-order valence-corrected chi connectivity index (χ3v) is 6.62. The second-order valence-electron chi connectivity index (χ2n) is 8.67. The summed E-state index contributed by atoms with van der Waals surface area (Å²) in [6.07, 6.45) is 6.59. The molecular weight excluding hydrogens is 395 g/mol. The molecule has 0 aliphatic carbocycles. The van der Waals surface area contributed by atoms with Crippen LogP contribution in [0, 0.1) is 0 Å². The molecule has 2 unspecified atom stereocenters. The summed E-state index contributed by atoms with van der Waals surface area (Å²) in [5.41, 5.74) is 2.99. The summed E-state index contributed by atoms with van der Waals surface area (Å²) < 4.78 is 16.8. The van der Waals surface area contributed by atoms with Crippen LogP contribution in [0.3, 0.4) is 0 Å². The van der Waals surface area contributed by atoms with Crippen molar-refractivity contribution in [2.75, 3.05) is 11.9 Å². The van der Waals surface area contributed by atoms with Gasteiger partial charge in [0.2, 0.25) is 0 Å². The number of aryl methyl sites for hydroxylation is 1. The summed E-state index contributed by atoms with van der Waals surface area (Å²) in [6.45, 7) is 0. The molecule has 2 aliphatic heterocycles. The van der Waals surface area contributed by atoms with Gasteiger partial charge in [0.25, 0.3) is 0 Å². The number of alkyl halides is 1. The number of halogens is 1. The molecule has 0 radical (unpaired) electrons.